The molecule has 6 heteroatoms. The van der Waals surface area contributed by atoms with Crippen LogP contribution in [0.2, 0.25) is 0 Å². The van der Waals surface area contributed by atoms with E-state index in [9.17, 15) is 9.59 Å². The Kier molecular flexibility index (Phi) is 5.48. The predicted molar refractivity (Wildman–Crippen MR) is 89.3 cm³/mol. The number of imide groups is 1. The molecule has 0 unspecified atom stereocenters. The number of carbonyl (C=O) groups is 2. The van der Waals surface area contributed by atoms with Crippen LogP contribution in [0.25, 0.3) is 0 Å². The summed E-state index contributed by atoms with van der Waals surface area (Å²) < 4.78 is 11.0. The van der Waals surface area contributed by atoms with Crippen molar-refractivity contribution in [3.05, 3.63) is 24.3 Å². The van der Waals surface area contributed by atoms with Crippen molar-refractivity contribution < 1.29 is 24.0 Å². The molecule has 0 aliphatic carbocycles. The second-order valence-corrected chi connectivity index (χ2v) is 6.29. The zero-order valence-corrected chi connectivity index (χ0v) is 14.1. The molecule has 2 fully saturated rings. The molecule has 24 heavy (non-hydrogen) atoms. The van der Waals surface area contributed by atoms with Gasteiger partial charge in [-0.1, -0.05) is 13.3 Å². The molecule has 2 amide bonds. The van der Waals surface area contributed by atoms with Crippen molar-refractivity contribution in [2.45, 2.75) is 32.2 Å². The molecule has 3 rings (SSSR count). The minimum atomic E-state index is -0.276. The van der Waals surface area contributed by atoms with E-state index >= 15 is 0 Å². The van der Waals surface area contributed by atoms with Gasteiger partial charge < -0.3 is 14.4 Å². The predicted octanol–water partition coefficient (Wildman–Crippen LogP) is 0.413. The van der Waals surface area contributed by atoms with E-state index in [2.05, 4.69) is 6.92 Å². The Hall–Kier alpha value is -1.92. The van der Waals surface area contributed by atoms with Crippen molar-refractivity contribution in [3.63, 3.8) is 0 Å². The highest BCUT2D eigenvalue weighted by atomic mass is 16.5. The van der Waals surface area contributed by atoms with Gasteiger partial charge in [0.2, 0.25) is 5.91 Å². The van der Waals surface area contributed by atoms with Crippen LogP contribution >= 0.6 is 0 Å². The molecule has 2 heterocycles. The van der Waals surface area contributed by atoms with Crippen molar-refractivity contribution in [2.24, 2.45) is 0 Å². The fourth-order valence-corrected chi connectivity index (χ4v) is 3.23. The molecule has 1 aromatic carbocycles. The van der Waals surface area contributed by atoms with Gasteiger partial charge in [0, 0.05) is 0 Å². The normalized spacial score (nSPS) is 22.2. The second kappa shape index (κ2) is 7.77. The summed E-state index contributed by atoms with van der Waals surface area (Å²) in [5.74, 6) is 0.543. The van der Waals surface area contributed by atoms with Crippen molar-refractivity contribution >= 4 is 17.5 Å². The molecule has 130 valence electrons. The standard InChI is InChI=1S/C18H24N2O4/c1-2-3-10-24-15-6-4-14(5-7-15)20-17(21)13-16(18(20)22)19-8-11-23-12-9-19/h4-7,16H,2-3,8-13H2,1H3/p+1/t16-/m1/s1. The lowest BCUT2D eigenvalue weighted by molar-refractivity contribution is -0.922. The minimum absolute atomic E-state index is 0.100. The lowest BCUT2D eigenvalue weighted by Gasteiger charge is -2.27. The summed E-state index contributed by atoms with van der Waals surface area (Å²) in [6.07, 6.45) is 2.37. The summed E-state index contributed by atoms with van der Waals surface area (Å²) in [7, 11) is 0. The molecule has 2 aliphatic heterocycles. The first-order valence-corrected chi connectivity index (χ1v) is 8.72. The Morgan fingerprint density at radius 2 is 1.92 bits per heavy atom. The van der Waals surface area contributed by atoms with Crippen molar-refractivity contribution in [2.75, 3.05) is 37.8 Å². The third kappa shape index (κ3) is 3.60. The number of unbranched alkanes of at least 4 members (excludes halogenated alkanes) is 1. The molecular formula is C18H25N2O4+. The van der Waals surface area contributed by atoms with Crippen molar-refractivity contribution in [1.29, 1.82) is 0 Å². The first-order valence-electron chi connectivity index (χ1n) is 8.72. The molecule has 1 N–H and O–H groups in total. The Bertz CT molecular complexity index is 581. The van der Waals surface area contributed by atoms with Gasteiger partial charge in [-0.3, -0.25) is 9.59 Å². The van der Waals surface area contributed by atoms with E-state index in [0.29, 0.717) is 25.5 Å². The van der Waals surface area contributed by atoms with Gasteiger partial charge >= 0.3 is 0 Å². The Morgan fingerprint density at radius 1 is 1.21 bits per heavy atom. The zero-order chi connectivity index (χ0) is 16.9. The molecule has 1 aromatic rings. The quantitative estimate of drug-likeness (QED) is 0.605. The third-order valence-electron chi connectivity index (χ3n) is 4.64. The van der Waals surface area contributed by atoms with Gasteiger partial charge in [-0.15, -0.1) is 0 Å². The van der Waals surface area contributed by atoms with Gasteiger partial charge in [0.25, 0.3) is 5.91 Å². The van der Waals surface area contributed by atoms with Crippen LogP contribution in [0.1, 0.15) is 26.2 Å². The van der Waals surface area contributed by atoms with E-state index < -0.39 is 0 Å². The summed E-state index contributed by atoms with van der Waals surface area (Å²) in [5.41, 5.74) is 0.628. The van der Waals surface area contributed by atoms with Crippen LogP contribution in [0.15, 0.2) is 24.3 Å². The number of hydrogen-bond donors (Lipinski definition) is 1. The van der Waals surface area contributed by atoms with Gasteiger partial charge in [-0.25, -0.2) is 4.90 Å². The summed E-state index contributed by atoms with van der Waals surface area (Å²) in [6, 6.07) is 6.94. The molecule has 6 nitrogen and oxygen atoms in total. The Labute approximate surface area is 142 Å². The minimum Gasteiger partial charge on any atom is -0.494 e. The molecule has 1 atom stereocenters. The van der Waals surface area contributed by atoms with Gasteiger partial charge in [-0.2, -0.15) is 0 Å². The van der Waals surface area contributed by atoms with E-state index in [-0.39, 0.29) is 24.3 Å². The number of carbonyl (C=O) groups excluding carboxylic acids is 2. The number of rotatable bonds is 6. The smallest absolute Gasteiger partial charge is 0.292 e. The molecule has 0 radical (unpaired) electrons. The first kappa shape index (κ1) is 16.9. The van der Waals surface area contributed by atoms with E-state index in [0.717, 1.165) is 36.6 Å². The van der Waals surface area contributed by atoms with Crippen LogP contribution in [-0.4, -0.2) is 50.8 Å². The highest BCUT2D eigenvalue weighted by Gasteiger charge is 2.46. The van der Waals surface area contributed by atoms with Gasteiger partial charge in [-0.05, 0) is 30.7 Å². The number of anilines is 1. The number of hydrogen-bond acceptors (Lipinski definition) is 4. The van der Waals surface area contributed by atoms with Crippen molar-refractivity contribution in [1.82, 2.24) is 0 Å². The van der Waals surface area contributed by atoms with Crippen LogP contribution in [-0.2, 0) is 14.3 Å². The van der Waals surface area contributed by atoms with E-state index in [4.69, 9.17) is 9.47 Å². The SMILES string of the molecule is CCCCOc1ccc(N2C(=O)C[C@@H]([NH+]3CCOCC3)C2=O)cc1. The Morgan fingerprint density at radius 3 is 2.58 bits per heavy atom. The summed E-state index contributed by atoms with van der Waals surface area (Å²) in [4.78, 5) is 27.6. The number of nitrogens with zero attached hydrogens (tertiary/aromatic N) is 1. The third-order valence-corrected chi connectivity index (χ3v) is 4.64. The topological polar surface area (TPSA) is 60.3 Å². The zero-order valence-electron chi connectivity index (χ0n) is 14.1. The van der Waals surface area contributed by atoms with Crippen molar-refractivity contribution in [3.8, 4) is 5.75 Å². The van der Waals surface area contributed by atoms with Gasteiger partial charge in [0.1, 0.15) is 18.8 Å². The van der Waals surface area contributed by atoms with Crippen LogP contribution in [0.4, 0.5) is 5.69 Å². The highest BCUT2D eigenvalue weighted by Crippen LogP contribution is 2.24. The number of morpholine rings is 1. The summed E-state index contributed by atoms with van der Waals surface area (Å²) in [5, 5.41) is 0. The lowest BCUT2D eigenvalue weighted by atomic mass is 10.2. The average molecular weight is 333 g/mol. The Balaban J connectivity index is 1.67. The van der Waals surface area contributed by atoms with Gasteiger partial charge in [0.05, 0.1) is 31.9 Å². The van der Waals surface area contributed by atoms with Crippen LogP contribution < -0.4 is 14.5 Å². The summed E-state index contributed by atoms with van der Waals surface area (Å²) >= 11 is 0. The second-order valence-electron chi connectivity index (χ2n) is 6.29. The maximum absolute atomic E-state index is 12.7. The first-order chi connectivity index (χ1) is 11.7. The molecule has 2 aliphatic rings. The number of ether oxygens (including phenoxy) is 2. The monoisotopic (exact) mass is 333 g/mol. The molecule has 2 saturated heterocycles. The number of amides is 2. The van der Waals surface area contributed by atoms with Crippen LogP contribution in [0.5, 0.6) is 5.75 Å². The summed E-state index contributed by atoms with van der Waals surface area (Å²) in [6.45, 7) is 5.65. The maximum atomic E-state index is 12.7. The molecule has 0 saturated carbocycles. The fourth-order valence-electron chi connectivity index (χ4n) is 3.23. The number of quaternary nitrogens is 1. The molecule has 0 spiro atoms. The molecule has 0 bridgehead atoms. The highest BCUT2D eigenvalue weighted by molar-refractivity contribution is 6.21. The molecular weight excluding hydrogens is 308 g/mol. The van der Waals surface area contributed by atoms with E-state index in [1.165, 1.54) is 4.90 Å². The van der Waals surface area contributed by atoms with Gasteiger partial charge in [0.15, 0.2) is 6.04 Å². The maximum Gasteiger partial charge on any atom is 0.292 e. The van der Waals surface area contributed by atoms with E-state index in [1.807, 2.05) is 12.1 Å². The van der Waals surface area contributed by atoms with Crippen LogP contribution in [0, 0.1) is 0 Å². The lowest BCUT2D eigenvalue weighted by Crippen LogP contribution is -3.18. The molecule has 0 aromatic heterocycles. The number of benzene rings is 1. The van der Waals surface area contributed by atoms with Crippen LogP contribution in [0.3, 0.4) is 0 Å². The average Bonchev–Trinajstić information content (AvgIpc) is 2.91. The van der Waals surface area contributed by atoms with E-state index in [1.54, 1.807) is 12.1 Å². The number of nitrogens with one attached hydrogen (secondary N) is 1. The fraction of sp³-hybridized carbons (Fsp3) is 0.556. The largest absolute Gasteiger partial charge is 0.494 e.